The lowest BCUT2D eigenvalue weighted by molar-refractivity contribution is -0.139. The summed E-state index contributed by atoms with van der Waals surface area (Å²) in [5, 5.41) is 3.23. The second-order valence-electron chi connectivity index (χ2n) is 4.39. The number of thioether (sulfide) groups is 1. The van der Waals surface area contributed by atoms with E-state index in [4.69, 9.17) is 4.74 Å². The van der Waals surface area contributed by atoms with Crippen LogP contribution in [0, 0.1) is 5.82 Å². The van der Waals surface area contributed by atoms with Gasteiger partial charge in [0.1, 0.15) is 5.82 Å². The molecule has 0 aliphatic carbocycles. The molecular formula is C14H20FNO2S. The zero-order chi connectivity index (χ0) is 14.3. The third-order valence-electron chi connectivity index (χ3n) is 2.36. The third kappa shape index (κ3) is 6.07. The van der Waals surface area contributed by atoms with Crippen molar-refractivity contribution in [1.29, 1.82) is 0 Å². The summed E-state index contributed by atoms with van der Waals surface area (Å²) >= 11 is 1.16. The van der Waals surface area contributed by atoms with Crippen molar-refractivity contribution < 1.29 is 13.9 Å². The molecule has 0 atom stereocenters. The molecule has 0 heterocycles. The monoisotopic (exact) mass is 285 g/mol. The summed E-state index contributed by atoms with van der Waals surface area (Å²) in [6.45, 7) is 6.82. The average molecular weight is 285 g/mol. The molecule has 1 aromatic carbocycles. The molecule has 0 spiro atoms. The van der Waals surface area contributed by atoms with Crippen LogP contribution >= 0.6 is 11.8 Å². The number of rotatable bonds is 7. The van der Waals surface area contributed by atoms with Gasteiger partial charge in [-0.05, 0) is 24.6 Å². The number of ether oxygens (including phenoxy) is 1. The first-order chi connectivity index (χ1) is 9.02. The fourth-order valence-corrected chi connectivity index (χ4v) is 2.15. The highest BCUT2D eigenvalue weighted by atomic mass is 32.2. The van der Waals surface area contributed by atoms with E-state index in [1.807, 2.05) is 19.9 Å². The molecule has 0 amide bonds. The highest BCUT2D eigenvalue weighted by molar-refractivity contribution is 8.00. The predicted octanol–water partition coefficient (Wildman–Crippen LogP) is 2.98. The average Bonchev–Trinajstić information content (AvgIpc) is 2.35. The summed E-state index contributed by atoms with van der Waals surface area (Å²) in [5.41, 5.74) is 0.895. The quantitative estimate of drug-likeness (QED) is 0.617. The van der Waals surface area contributed by atoms with Gasteiger partial charge in [-0.1, -0.05) is 19.9 Å². The van der Waals surface area contributed by atoms with E-state index in [-0.39, 0.29) is 17.5 Å². The number of carbonyl (C=O) groups is 1. The number of benzene rings is 1. The lowest BCUT2D eigenvalue weighted by Crippen LogP contribution is -2.21. The van der Waals surface area contributed by atoms with Gasteiger partial charge in [0.2, 0.25) is 0 Å². The molecule has 0 saturated heterocycles. The normalized spacial score (nSPS) is 10.8. The van der Waals surface area contributed by atoms with Crippen molar-refractivity contribution in [2.75, 3.05) is 12.4 Å². The molecule has 5 heteroatoms. The first-order valence-electron chi connectivity index (χ1n) is 6.33. The number of nitrogens with one attached hydrogen (secondary N) is 1. The minimum Gasteiger partial charge on any atom is -0.465 e. The molecule has 0 fully saturated rings. The van der Waals surface area contributed by atoms with E-state index in [1.54, 1.807) is 13.0 Å². The molecule has 19 heavy (non-hydrogen) atoms. The molecule has 0 radical (unpaired) electrons. The third-order valence-corrected chi connectivity index (χ3v) is 3.38. The fraction of sp³-hybridized carbons (Fsp3) is 0.500. The zero-order valence-corrected chi connectivity index (χ0v) is 12.3. The van der Waals surface area contributed by atoms with Crippen molar-refractivity contribution in [3.8, 4) is 0 Å². The van der Waals surface area contributed by atoms with Crippen molar-refractivity contribution in [3.05, 3.63) is 29.6 Å². The highest BCUT2D eigenvalue weighted by Crippen LogP contribution is 2.22. The van der Waals surface area contributed by atoms with Gasteiger partial charge >= 0.3 is 5.97 Å². The largest absolute Gasteiger partial charge is 0.465 e. The summed E-state index contributed by atoms with van der Waals surface area (Å²) in [5.74, 6) is -0.483. The molecule has 1 aromatic rings. The second kappa shape index (κ2) is 8.17. The van der Waals surface area contributed by atoms with E-state index < -0.39 is 0 Å². The Balaban J connectivity index is 2.54. The molecule has 1 N–H and O–H groups in total. The van der Waals surface area contributed by atoms with Crippen LogP contribution < -0.4 is 5.32 Å². The van der Waals surface area contributed by atoms with Gasteiger partial charge in [0, 0.05) is 17.5 Å². The van der Waals surface area contributed by atoms with Crippen LogP contribution in [0.3, 0.4) is 0 Å². The standard InChI is InChI=1S/C14H20FNO2S/c1-4-18-14(17)9-19-13-6-5-11(7-12(13)15)8-16-10(2)3/h5-7,10,16H,4,8-9H2,1-3H3. The van der Waals surface area contributed by atoms with Crippen LogP contribution in [-0.4, -0.2) is 24.4 Å². The molecule has 3 nitrogen and oxygen atoms in total. The van der Waals surface area contributed by atoms with Gasteiger partial charge in [0.05, 0.1) is 12.4 Å². The van der Waals surface area contributed by atoms with Gasteiger partial charge < -0.3 is 10.1 Å². The first kappa shape index (κ1) is 16.0. The zero-order valence-electron chi connectivity index (χ0n) is 11.5. The molecule has 0 aliphatic rings. The van der Waals surface area contributed by atoms with Crippen LogP contribution in [0.5, 0.6) is 0 Å². The fourth-order valence-electron chi connectivity index (χ4n) is 1.43. The Morgan fingerprint density at radius 1 is 1.47 bits per heavy atom. The first-order valence-corrected chi connectivity index (χ1v) is 7.31. The van der Waals surface area contributed by atoms with E-state index in [0.29, 0.717) is 24.1 Å². The minimum absolute atomic E-state index is 0.133. The van der Waals surface area contributed by atoms with Gasteiger partial charge in [-0.2, -0.15) is 0 Å². The van der Waals surface area contributed by atoms with E-state index in [0.717, 1.165) is 17.3 Å². The van der Waals surface area contributed by atoms with Crippen LogP contribution in [0.4, 0.5) is 4.39 Å². The molecule has 0 saturated carbocycles. The Labute approximate surface area is 117 Å². The molecule has 0 aliphatic heterocycles. The van der Waals surface area contributed by atoms with Crippen molar-refractivity contribution >= 4 is 17.7 Å². The van der Waals surface area contributed by atoms with Gasteiger partial charge in [0.25, 0.3) is 0 Å². The molecule has 0 unspecified atom stereocenters. The van der Waals surface area contributed by atoms with Crippen molar-refractivity contribution in [1.82, 2.24) is 5.32 Å². The summed E-state index contributed by atoms with van der Waals surface area (Å²) in [6, 6.07) is 5.44. The van der Waals surface area contributed by atoms with Crippen LogP contribution in [0.25, 0.3) is 0 Å². The van der Waals surface area contributed by atoms with Crippen LogP contribution in [0.15, 0.2) is 23.1 Å². The van der Waals surface area contributed by atoms with Crippen molar-refractivity contribution in [2.24, 2.45) is 0 Å². The molecule has 0 aromatic heterocycles. The lowest BCUT2D eigenvalue weighted by Gasteiger charge is -2.09. The van der Waals surface area contributed by atoms with Gasteiger partial charge in [0.15, 0.2) is 0 Å². The summed E-state index contributed by atoms with van der Waals surface area (Å²) in [4.78, 5) is 11.7. The second-order valence-corrected chi connectivity index (χ2v) is 5.41. The van der Waals surface area contributed by atoms with Crippen LogP contribution in [-0.2, 0) is 16.1 Å². The van der Waals surface area contributed by atoms with Crippen LogP contribution in [0.1, 0.15) is 26.3 Å². The molecule has 106 valence electrons. The maximum absolute atomic E-state index is 13.8. The number of hydrogen-bond acceptors (Lipinski definition) is 4. The maximum atomic E-state index is 13.8. The Bertz CT molecular complexity index is 424. The number of carbonyl (C=O) groups excluding carboxylic acids is 1. The summed E-state index contributed by atoms with van der Waals surface area (Å²) in [7, 11) is 0. The van der Waals surface area contributed by atoms with Gasteiger partial charge in [-0.3, -0.25) is 4.79 Å². The van der Waals surface area contributed by atoms with E-state index in [2.05, 4.69) is 5.32 Å². The van der Waals surface area contributed by atoms with E-state index in [1.165, 1.54) is 6.07 Å². The van der Waals surface area contributed by atoms with E-state index >= 15 is 0 Å². The van der Waals surface area contributed by atoms with Gasteiger partial charge in [-0.25, -0.2) is 4.39 Å². The summed E-state index contributed by atoms with van der Waals surface area (Å²) < 4.78 is 18.6. The SMILES string of the molecule is CCOC(=O)CSc1ccc(CNC(C)C)cc1F. The highest BCUT2D eigenvalue weighted by Gasteiger charge is 2.08. The number of hydrogen-bond donors (Lipinski definition) is 1. The van der Waals surface area contributed by atoms with Crippen molar-refractivity contribution in [3.63, 3.8) is 0 Å². The summed E-state index contributed by atoms with van der Waals surface area (Å²) in [6.07, 6.45) is 0. The van der Waals surface area contributed by atoms with Crippen LogP contribution in [0.2, 0.25) is 0 Å². The Hall–Kier alpha value is -1.07. The Kier molecular flexibility index (Phi) is 6.87. The minimum atomic E-state index is -0.322. The Morgan fingerprint density at radius 3 is 2.79 bits per heavy atom. The number of halogens is 1. The van der Waals surface area contributed by atoms with Crippen molar-refractivity contribution in [2.45, 2.75) is 38.3 Å². The smallest absolute Gasteiger partial charge is 0.316 e. The number of esters is 1. The predicted molar refractivity (Wildman–Crippen MR) is 75.7 cm³/mol. The lowest BCUT2D eigenvalue weighted by atomic mass is 10.2. The Morgan fingerprint density at radius 2 is 2.21 bits per heavy atom. The molecular weight excluding hydrogens is 265 g/mol. The van der Waals surface area contributed by atoms with E-state index in [9.17, 15) is 9.18 Å². The maximum Gasteiger partial charge on any atom is 0.316 e. The topological polar surface area (TPSA) is 38.3 Å². The molecule has 0 bridgehead atoms. The van der Waals surface area contributed by atoms with Gasteiger partial charge in [-0.15, -0.1) is 11.8 Å². The molecule has 1 rings (SSSR count).